The second-order valence-electron chi connectivity index (χ2n) is 8.42. The second-order valence-corrected chi connectivity index (χ2v) is 8.42. The van der Waals surface area contributed by atoms with Gasteiger partial charge in [-0.1, -0.05) is 18.2 Å². The summed E-state index contributed by atoms with van der Waals surface area (Å²) in [7, 11) is 0. The number of nitrogens with one attached hydrogen (secondary N) is 1. The molecule has 1 N–H and O–H groups in total. The molecule has 1 saturated heterocycles. The number of pyridine rings is 1. The number of morpholine rings is 1. The van der Waals surface area contributed by atoms with Crippen molar-refractivity contribution in [2.75, 3.05) is 23.4 Å². The third-order valence-corrected chi connectivity index (χ3v) is 5.64. The van der Waals surface area contributed by atoms with Crippen LogP contribution in [0.2, 0.25) is 0 Å². The minimum atomic E-state index is -2.91. The maximum Gasteiger partial charge on any atom is 0.271 e. The lowest BCUT2D eigenvalue weighted by Crippen LogP contribution is -2.53. The molecule has 0 radical (unpaired) electrons. The Morgan fingerprint density at radius 3 is 2.48 bits per heavy atom. The average molecular weight is 461 g/mol. The van der Waals surface area contributed by atoms with Crippen molar-refractivity contribution in [2.45, 2.75) is 52.4 Å². The Kier molecular flexibility index (Phi) is 6.29. The Morgan fingerprint density at radius 1 is 1.15 bits per heavy atom. The van der Waals surface area contributed by atoms with Crippen LogP contribution < -0.4 is 15.9 Å². The quantitative estimate of drug-likeness (QED) is 0.617. The van der Waals surface area contributed by atoms with Crippen LogP contribution in [0.1, 0.15) is 50.2 Å². The molecule has 1 aromatic carbocycles. The Morgan fingerprint density at radius 2 is 1.82 bits per heavy atom. The van der Waals surface area contributed by atoms with E-state index in [1.54, 1.807) is 20.0 Å². The van der Waals surface area contributed by atoms with E-state index in [0.717, 1.165) is 6.07 Å². The predicted octanol–water partition coefficient (Wildman–Crippen LogP) is 4.09. The van der Waals surface area contributed by atoms with Gasteiger partial charge in [0, 0.05) is 17.8 Å². The Labute approximate surface area is 189 Å². The topological polar surface area (TPSA) is 72.3 Å². The molecule has 1 aliphatic rings. The molecule has 0 amide bonds. The van der Waals surface area contributed by atoms with Crippen LogP contribution in [0.3, 0.4) is 0 Å². The van der Waals surface area contributed by atoms with Crippen molar-refractivity contribution in [3.8, 4) is 0 Å². The first kappa shape index (κ1) is 23.0. The molecule has 2 aromatic heterocycles. The first-order chi connectivity index (χ1) is 15.6. The van der Waals surface area contributed by atoms with Gasteiger partial charge in [-0.3, -0.25) is 4.79 Å². The number of hydrogen-bond donors (Lipinski definition) is 1. The van der Waals surface area contributed by atoms with E-state index in [-0.39, 0.29) is 23.3 Å². The van der Waals surface area contributed by atoms with Gasteiger partial charge < -0.3 is 15.1 Å². The Hall–Kier alpha value is -3.14. The highest BCUT2D eigenvalue weighted by molar-refractivity contribution is 5.88. The molecular weight excluding hydrogens is 435 g/mol. The molecular formula is C23H26F3N5O2. The second kappa shape index (κ2) is 9.01. The summed E-state index contributed by atoms with van der Waals surface area (Å²) in [6, 6.07) is 4.71. The molecule has 0 bridgehead atoms. The van der Waals surface area contributed by atoms with Crippen molar-refractivity contribution in [3.63, 3.8) is 0 Å². The van der Waals surface area contributed by atoms with E-state index in [1.807, 2.05) is 18.9 Å². The lowest BCUT2D eigenvalue weighted by Gasteiger charge is -2.37. The van der Waals surface area contributed by atoms with Crippen LogP contribution >= 0.6 is 0 Å². The maximum atomic E-state index is 14.7. The number of alkyl halides is 2. The zero-order valence-electron chi connectivity index (χ0n) is 18.8. The first-order valence-corrected chi connectivity index (χ1v) is 10.8. The summed E-state index contributed by atoms with van der Waals surface area (Å²) < 4.78 is 48.3. The first-order valence-electron chi connectivity index (χ1n) is 10.8. The lowest BCUT2D eigenvalue weighted by atomic mass is 10.0. The van der Waals surface area contributed by atoms with Gasteiger partial charge in [-0.25, -0.2) is 27.8 Å². The maximum absolute atomic E-state index is 14.7. The number of aryl methyl sites for hydroxylation is 1. The van der Waals surface area contributed by atoms with Crippen LogP contribution in [-0.4, -0.2) is 39.9 Å². The molecule has 0 spiro atoms. The molecule has 7 nitrogen and oxygen atoms in total. The van der Waals surface area contributed by atoms with Crippen LogP contribution in [-0.2, 0) is 4.74 Å². The fourth-order valence-corrected chi connectivity index (χ4v) is 4.22. The average Bonchev–Trinajstić information content (AvgIpc) is 2.72. The van der Waals surface area contributed by atoms with Crippen molar-refractivity contribution in [1.82, 2.24) is 14.6 Å². The lowest BCUT2D eigenvalue weighted by molar-refractivity contribution is -0.0137. The highest BCUT2D eigenvalue weighted by Crippen LogP contribution is 2.30. The van der Waals surface area contributed by atoms with Gasteiger partial charge in [-0.15, -0.1) is 0 Å². The molecule has 1 aliphatic heterocycles. The van der Waals surface area contributed by atoms with E-state index in [2.05, 4.69) is 15.3 Å². The Bertz CT molecular complexity index is 1220. The molecule has 3 atom stereocenters. The normalized spacial score (nSPS) is 19.8. The molecule has 4 rings (SSSR count). The number of aromatic nitrogens is 3. The summed E-state index contributed by atoms with van der Waals surface area (Å²) in [4.78, 5) is 21.7. The number of rotatable bonds is 5. The number of nitrogens with zero attached hydrogens (tertiary/aromatic N) is 4. The smallest absolute Gasteiger partial charge is 0.271 e. The van der Waals surface area contributed by atoms with E-state index in [0.29, 0.717) is 35.6 Å². The SMILES string of the molecule is Cc1nc(N[C@H](C)c2cccc(C(F)F)c2F)c2cn(N3C[C@@H](C)O[C@@H](C)C3)c(=O)cc2n1. The summed E-state index contributed by atoms with van der Waals surface area (Å²) in [6.07, 6.45) is -1.35. The van der Waals surface area contributed by atoms with E-state index in [1.165, 1.54) is 22.9 Å². The molecule has 33 heavy (non-hydrogen) atoms. The number of fused-ring (bicyclic) bond motifs is 1. The zero-order valence-corrected chi connectivity index (χ0v) is 18.8. The molecule has 0 unspecified atom stereocenters. The highest BCUT2D eigenvalue weighted by atomic mass is 19.3. The van der Waals surface area contributed by atoms with Gasteiger partial charge in [-0.05, 0) is 27.7 Å². The monoisotopic (exact) mass is 461 g/mol. The molecule has 0 saturated carbocycles. The number of anilines is 1. The molecule has 3 heterocycles. The standard InChI is InChI=1S/C23H26F3N5O2/c1-12-9-30(10-13(2)33-12)31-11-18-19(8-20(31)32)28-15(4)29-23(18)27-14(3)16-6-5-7-17(21(16)24)22(25)26/h5-8,11-14,22H,9-10H2,1-4H3,(H,27,28,29)/t12-,13+,14-/m1/s1. The third kappa shape index (κ3) is 4.66. The van der Waals surface area contributed by atoms with Gasteiger partial charge >= 0.3 is 0 Å². The van der Waals surface area contributed by atoms with Crippen LogP contribution in [0.25, 0.3) is 10.9 Å². The minimum Gasteiger partial charge on any atom is -0.372 e. The van der Waals surface area contributed by atoms with Crippen molar-refractivity contribution in [1.29, 1.82) is 0 Å². The number of hydrogen-bond acceptors (Lipinski definition) is 6. The molecule has 176 valence electrons. The summed E-state index contributed by atoms with van der Waals surface area (Å²) >= 11 is 0. The molecule has 3 aromatic rings. The minimum absolute atomic E-state index is 0.0479. The van der Waals surface area contributed by atoms with E-state index in [9.17, 15) is 18.0 Å². The van der Waals surface area contributed by atoms with Gasteiger partial charge in [-0.2, -0.15) is 0 Å². The highest BCUT2D eigenvalue weighted by Gasteiger charge is 2.24. The summed E-state index contributed by atoms with van der Waals surface area (Å²) in [5.74, 6) is -0.143. The van der Waals surface area contributed by atoms with Crippen molar-refractivity contribution < 1.29 is 17.9 Å². The van der Waals surface area contributed by atoms with Crippen LogP contribution in [0.4, 0.5) is 19.0 Å². The molecule has 1 fully saturated rings. The van der Waals surface area contributed by atoms with E-state index < -0.39 is 23.8 Å². The fraction of sp³-hybridized carbons (Fsp3) is 0.435. The number of ether oxygens (including phenoxy) is 1. The summed E-state index contributed by atoms with van der Waals surface area (Å²) in [6.45, 7) is 8.30. The predicted molar refractivity (Wildman–Crippen MR) is 120 cm³/mol. The van der Waals surface area contributed by atoms with Crippen molar-refractivity contribution in [2.24, 2.45) is 0 Å². The number of halogens is 3. The third-order valence-electron chi connectivity index (χ3n) is 5.64. The van der Waals surface area contributed by atoms with Crippen LogP contribution in [0.5, 0.6) is 0 Å². The van der Waals surface area contributed by atoms with Gasteiger partial charge in [0.2, 0.25) is 0 Å². The Balaban J connectivity index is 1.75. The van der Waals surface area contributed by atoms with Gasteiger partial charge in [0.25, 0.3) is 12.0 Å². The largest absolute Gasteiger partial charge is 0.372 e. The fourth-order valence-electron chi connectivity index (χ4n) is 4.22. The molecule has 0 aliphatic carbocycles. The van der Waals surface area contributed by atoms with Crippen molar-refractivity contribution >= 4 is 16.7 Å². The van der Waals surface area contributed by atoms with E-state index >= 15 is 0 Å². The van der Waals surface area contributed by atoms with Crippen LogP contribution in [0, 0.1) is 12.7 Å². The van der Waals surface area contributed by atoms with Crippen molar-refractivity contribution in [3.05, 3.63) is 63.6 Å². The zero-order chi connectivity index (χ0) is 23.9. The summed E-state index contributed by atoms with van der Waals surface area (Å²) in [5.41, 5.74) is -0.346. The van der Waals surface area contributed by atoms with E-state index in [4.69, 9.17) is 4.74 Å². The van der Waals surface area contributed by atoms with Crippen LogP contribution in [0.15, 0.2) is 35.3 Å². The number of benzene rings is 1. The molecule has 10 heteroatoms. The van der Waals surface area contributed by atoms with Gasteiger partial charge in [0.15, 0.2) is 0 Å². The van der Waals surface area contributed by atoms with Gasteiger partial charge in [0.1, 0.15) is 17.5 Å². The summed E-state index contributed by atoms with van der Waals surface area (Å²) in [5, 5.41) is 5.58. The van der Waals surface area contributed by atoms with Gasteiger partial charge in [0.05, 0.1) is 47.8 Å².